The second kappa shape index (κ2) is 6.15. The van der Waals surface area contributed by atoms with Crippen LogP contribution in [0.1, 0.15) is 84.5 Å². The van der Waals surface area contributed by atoms with Gasteiger partial charge in [-0.1, -0.05) is 12.8 Å². The van der Waals surface area contributed by atoms with Gasteiger partial charge < -0.3 is 5.32 Å². The first-order chi connectivity index (χ1) is 13.3. The Morgan fingerprint density at radius 3 is 2.78 bits per heavy atom. The Hall–Kier alpha value is -1.19. The minimum Gasteiger partial charge on any atom is -0.313 e. The van der Waals surface area contributed by atoms with Crippen LogP contribution in [0.25, 0.3) is 0 Å². The second-order valence-electron chi connectivity index (χ2n) is 10.0. The molecule has 4 atom stereocenters. The van der Waals surface area contributed by atoms with E-state index in [4.69, 9.17) is 0 Å². The molecule has 4 bridgehead atoms. The zero-order chi connectivity index (χ0) is 18.0. The maximum Gasteiger partial charge on any atom is 0.150 e. The van der Waals surface area contributed by atoms with E-state index in [0.29, 0.717) is 17.5 Å². The number of piperidine rings is 4. The molecule has 1 unspecified atom stereocenters. The van der Waals surface area contributed by atoms with E-state index < -0.39 is 0 Å². The van der Waals surface area contributed by atoms with E-state index in [1.54, 1.807) is 11.1 Å². The lowest BCUT2D eigenvalue weighted by atomic mass is 9.52. The summed E-state index contributed by atoms with van der Waals surface area (Å²) in [6.07, 6.45) is 13.1. The van der Waals surface area contributed by atoms with Crippen LogP contribution in [0, 0.1) is 11.8 Å². The van der Waals surface area contributed by atoms with Crippen LogP contribution in [0.3, 0.4) is 0 Å². The molecule has 1 aromatic rings. The van der Waals surface area contributed by atoms with Crippen LogP contribution in [0.15, 0.2) is 12.1 Å². The van der Waals surface area contributed by atoms with Crippen molar-refractivity contribution in [2.75, 3.05) is 19.6 Å². The van der Waals surface area contributed by atoms with Gasteiger partial charge in [0.1, 0.15) is 6.29 Å². The minimum absolute atomic E-state index is 0.346. The van der Waals surface area contributed by atoms with Crippen molar-refractivity contribution in [3.8, 4) is 0 Å². The molecule has 0 aromatic heterocycles. The zero-order valence-corrected chi connectivity index (χ0v) is 16.4. The van der Waals surface area contributed by atoms with Gasteiger partial charge in [0.15, 0.2) is 0 Å². The molecule has 4 heterocycles. The van der Waals surface area contributed by atoms with E-state index in [2.05, 4.69) is 22.3 Å². The summed E-state index contributed by atoms with van der Waals surface area (Å²) in [5.41, 5.74) is 6.03. The average molecular weight is 365 g/mol. The second-order valence-corrected chi connectivity index (χ2v) is 10.0. The standard InChI is InChI=1S/C24H32N2O/c27-15-17-11-19(23-13-16-4-9-26(23)10-5-16)18-14-22-20-3-1-2-6-24(20,7-8-25-22)21(18)12-17/h11-12,15-16,20,22-23,25H,1-10,13-14H2/t20-,22+,23?,24+/m0/s1. The van der Waals surface area contributed by atoms with E-state index in [9.17, 15) is 4.79 Å². The van der Waals surface area contributed by atoms with Gasteiger partial charge in [-0.05, 0) is 105 Å². The lowest BCUT2D eigenvalue weighted by Crippen LogP contribution is -2.59. The van der Waals surface area contributed by atoms with Gasteiger partial charge in [-0.3, -0.25) is 9.69 Å². The third-order valence-electron chi connectivity index (χ3n) is 8.97. The quantitative estimate of drug-likeness (QED) is 0.805. The number of rotatable bonds is 2. The van der Waals surface area contributed by atoms with Crippen LogP contribution >= 0.6 is 0 Å². The van der Waals surface area contributed by atoms with Crippen molar-refractivity contribution in [2.24, 2.45) is 11.8 Å². The monoisotopic (exact) mass is 364 g/mol. The number of hydrogen-bond donors (Lipinski definition) is 1. The summed E-state index contributed by atoms with van der Waals surface area (Å²) >= 11 is 0. The molecule has 3 nitrogen and oxygen atoms in total. The molecule has 0 radical (unpaired) electrons. The Morgan fingerprint density at radius 2 is 2.00 bits per heavy atom. The molecular weight excluding hydrogens is 332 g/mol. The third kappa shape index (κ3) is 2.37. The fraction of sp³-hybridized carbons (Fsp3) is 0.708. The molecule has 0 amide bonds. The molecule has 4 saturated heterocycles. The third-order valence-corrected chi connectivity index (χ3v) is 8.97. The maximum absolute atomic E-state index is 11.9. The van der Waals surface area contributed by atoms with Crippen molar-refractivity contribution in [2.45, 2.75) is 75.3 Å². The molecule has 1 saturated carbocycles. The number of carbonyl (C=O) groups excluding carboxylic acids is 1. The van der Waals surface area contributed by atoms with Gasteiger partial charge in [0.05, 0.1) is 0 Å². The highest BCUT2D eigenvalue weighted by Gasteiger charge is 2.52. The average Bonchev–Trinajstić information content (AvgIpc) is 2.74. The number of nitrogens with zero attached hydrogens (tertiary/aromatic N) is 1. The number of fused-ring (bicyclic) bond motifs is 4. The molecule has 6 aliphatic rings. The molecule has 1 aromatic carbocycles. The molecule has 4 aliphatic heterocycles. The molecule has 1 N–H and O–H groups in total. The van der Waals surface area contributed by atoms with Crippen molar-refractivity contribution in [3.63, 3.8) is 0 Å². The van der Waals surface area contributed by atoms with E-state index >= 15 is 0 Å². The van der Waals surface area contributed by atoms with Crippen molar-refractivity contribution in [1.82, 2.24) is 10.2 Å². The van der Waals surface area contributed by atoms with Gasteiger partial charge in [0.25, 0.3) is 0 Å². The van der Waals surface area contributed by atoms with Crippen molar-refractivity contribution in [3.05, 3.63) is 34.4 Å². The van der Waals surface area contributed by atoms with Gasteiger partial charge >= 0.3 is 0 Å². The van der Waals surface area contributed by atoms with Crippen LogP contribution < -0.4 is 5.32 Å². The fourth-order valence-electron chi connectivity index (χ4n) is 7.73. The molecule has 5 fully saturated rings. The first kappa shape index (κ1) is 16.7. The number of nitrogens with one attached hydrogen (secondary N) is 1. The van der Waals surface area contributed by atoms with Gasteiger partial charge in [0.2, 0.25) is 0 Å². The summed E-state index contributed by atoms with van der Waals surface area (Å²) < 4.78 is 0. The van der Waals surface area contributed by atoms with Crippen LogP contribution in [0.5, 0.6) is 0 Å². The molecule has 27 heavy (non-hydrogen) atoms. The fourth-order valence-corrected chi connectivity index (χ4v) is 7.73. The molecule has 144 valence electrons. The smallest absolute Gasteiger partial charge is 0.150 e. The molecule has 7 rings (SSSR count). The summed E-state index contributed by atoms with van der Waals surface area (Å²) in [6, 6.07) is 5.79. The van der Waals surface area contributed by atoms with Gasteiger partial charge in [-0.2, -0.15) is 0 Å². The highest BCUT2D eigenvalue weighted by atomic mass is 16.1. The number of benzene rings is 1. The first-order valence-electron chi connectivity index (χ1n) is 11.4. The predicted octanol–water partition coefficient (Wildman–Crippen LogP) is 4.00. The summed E-state index contributed by atoms with van der Waals surface area (Å²) in [4.78, 5) is 14.6. The topological polar surface area (TPSA) is 32.3 Å². The van der Waals surface area contributed by atoms with Crippen molar-refractivity contribution >= 4 is 6.29 Å². The minimum atomic E-state index is 0.346. The van der Waals surface area contributed by atoms with Crippen LogP contribution in [0.4, 0.5) is 0 Å². The van der Waals surface area contributed by atoms with Gasteiger partial charge in [0, 0.05) is 23.1 Å². The summed E-state index contributed by atoms with van der Waals surface area (Å²) in [7, 11) is 0. The Bertz CT molecular complexity index is 762. The molecular formula is C24H32N2O. The van der Waals surface area contributed by atoms with Crippen molar-refractivity contribution in [1.29, 1.82) is 0 Å². The van der Waals surface area contributed by atoms with Crippen LogP contribution in [0.2, 0.25) is 0 Å². The van der Waals surface area contributed by atoms with E-state index in [0.717, 1.165) is 30.2 Å². The summed E-state index contributed by atoms with van der Waals surface area (Å²) in [5.74, 6) is 1.68. The highest BCUT2D eigenvalue weighted by Crippen LogP contribution is 2.55. The van der Waals surface area contributed by atoms with Crippen molar-refractivity contribution < 1.29 is 4.79 Å². The van der Waals surface area contributed by atoms with Gasteiger partial charge in [-0.15, -0.1) is 0 Å². The summed E-state index contributed by atoms with van der Waals surface area (Å²) in [6.45, 7) is 3.66. The normalized spacial score (nSPS) is 42.3. The maximum atomic E-state index is 11.9. The molecule has 0 spiro atoms. The SMILES string of the molecule is O=Cc1cc(C2CC3CCN2CC3)c2c(c1)[C@@]13CCCC[C@H]1[C@@H](C2)NCC3. The Morgan fingerprint density at radius 1 is 1.11 bits per heavy atom. The predicted molar refractivity (Wildman–Crippen MR) is 107 cm³/mol. The Labute approximate surface area is 162 Å². The highest BCUT2D eigenvalue weighted by molar-refractivity contribution is 5.77. The molecule has 3 heteroatoms. The number of carbonyl (C=O) groups is 1. The van der Waals surface area contributed by atoms with Crippen LogP contribution in [-0.4, -0.2) is 36.9 Å². The van der Waals surface area contributed by atoms with Crippen LogP contribution in [-0.2, 0) is 11.8 Å². The van der Waals surface area contributed by atoms with E-state index in [-0.39, 0.29) is 0 Å². The van der Waals surface area contributed by atoms with E-state index in [1.807, 2.05) is 0 Å². The molecule has 2 aliphatic carbocycles. The largest absolute Gasteiger partial charge is 0.313 e. The lowest BCUT2D eigenvalue weighted by Gasteiger charge is -2.57. The first-order valence-corrected chi connectivity index (χ1v) is 11.4. The number of aldehydes is 1. The van der Waals surface area contributed by atoms with E-state index in [1.165, 1.54) is 76.4 Å². The van der Waals surface area contributed by atoms with Gasteiger partial charge in [-0.25, -0.2) is 0 Å². The zero-order valence-electron chi connectivity index (χ0n) is 16.4. The summed E-state index contributed by atoms with van der Waals surface area (Å²) in [5, 5.41) is 3.89. The number of hydrogen-bond acceptors (Lipinski definition) is 3. The Kier molecular flexibility index (Phi) is 3.81. The lowest BCUT2D eigenvalue weighted by molar-refractivity contribution is 0.0459. The Balaban J connectivity index is 1.52.